The number of nitrogens with zero attached hydrogens (tertiary/aromatic N) is 3. The molecular formula is C24H25N5O3. The number of fused-ring (bicyclic) bond motifs is 1. The van der Waals surface area contributed by atoms with Crippen molar-refractivity contribution < 1.29 is 14.3 Å². The minimum absolute atomic E-state index is 0.0955. The molecule has 0 spiro atoms. The molecule has 164 valence electrons. The number of hydrogen-bond acceptors (Lipinski definition) is 7. The summed E-state index contributed by atoms with van der Waals surface area (Å²) in [6, 6.07) is 15.1. The van der Waals surface area contributed by atoms with E-state index in [1.165, 1.54) is 12.8 Å². The van der Waals surface area contributed by atoms with E-state index in [0.717, 1.165) is 41.5 Å². The maximum atomic E-state index is 12.4. The first-order chi connectivity index (χ1) is 15.6. The number of ether oxygens (including phenoxy) is 2. The number of anilines is 4. The van der Waals surface area contributed by atoms with Crippen molar-refractivity contribution in [1.82, 2.24) is 9.97 Å². The summed E-state index contributed by atoms with van der Waals surface area (Å²) in [5.74, 6) is 2.83. The Hall–Kier alpha value is -3.81. The molecule has 1 amide bonds. The number of rotatable bonds is 6. The van der Waals surface area contributed by atoms with Crippen molar-refractivity contribution in [3.8, 4) is 11.5 Å². The summed E-state index contributed by atoms with van der Waals surface area (Å²) in [6.45, 7) is 4.27. The van der Waals surface area contributed by atoms with Crippen molar-refractivity contribution in [3.05, 3.63) is 59.8 Å². The molecule has 32 heavy (non-hydrogen) atoms. The lowest BCUT2D eigenvalue weighted by Gasteiger charge is -2.17. The van der Waals surface area contributed by atoms with Crippen molar-refractivity contribution in [3.63, 3.8) is 0 Å². The fourth-order valence-electron chi connectivity index (χ4n) is 3.92. The molecule has 1 aromatic heterocycles. The number of carbonyl (C=O) groups excluding carboxylic acids is 1. The maximum Gasteiger partial charge on any atom is 0.231 e. The van der Waals surface area contributed by atoms with Gasteiger partial charge >= 0.3 is 0 Å². The van der Waals surface area contributed by atoms with E-state index in [0.29, 0.717) is 17.4 Å². The van der Waals surface area contributed by atoms with Crippen LogP contribution in [-0.2, 0) is 11.2 Å². The smallest absolute Gasteiger partial charge is 0.231 e. The Morgan fingerprint density at radius 2 is 1.72 bits per heavy atom. The zero-order chi connectivity index (χ0) is 21.9. The first kappa shape index (κ1) is 20.1. The normalized spacial score (nSPS) is 14.5. The second-order valence-electron chi connectivity index (χ2n) is 8.00. The average molecular weight is 431 g/mol. The average Bonchev–Trinajstić information content (AvgIpc) is 3.46. The lowest BCUT2D eigenvalue weighted by Crippen LogP contribution is -2.19. The number of benzene rings is 2. The van der Waals surface area contributed by atoms with Gasteiger partial charge in [-0.05, 0) is 61.7 Å². The Morgan fingerprint density at radius 3 is 2.53 bits per heavy atom. The molecule has 0 atom stereocenters. The van der Waals surface area contributed by atoms with Gasteiger partial charge in [0.15, 0.2) is 11.5 Å². The predicted molar refractivity (Wildman–Crippen MR) is 123 cm³/mol. The predicted octanol–water partition coefficient (Wildman–Crippen LogP) is 4.04. The number of aryl methyl sites for hydroxylation is 1. The molecule has 3 aromatic rings. The summed E-state index contributed by atoms with van der Waals surface area (Å²) in [4.78, 5) is 23.9. The van der Waals surface area contributed by atoms with Gasteiger partial charge in [-0.15, -0.1) is 0 Å². The summed E-state index contributed by atoms with van der Waals surface area (Å²) in [5, 5.41) is 6.19. The van der Waals surface area contributed by atoms with Gasteiger partial charge < -0.3 is 25.0 Å². The van der Waals surface area contributed by atoms with Crippen molar-refractivity contribution in [1.29, 1.82) is 0 Å². The van der Waals surface area contributed by atoms with E-state index < -0.39 is 0 Å². The lowest BCUT2D eigenvalue weighted by molar-refractivity contribution is -0.115. The highest BCUT2D eigenvalue weighted by atomic mass is 16.7. The number of hydrogen-bond donors (Lipinski definition) is 2. The summed E-state index contributed by atoms with van der Waals surface area (Å²) in [7, 11) is 0. The van der Waals surface area contributed by atoms with E-state index in [9.17, 15) is 4.79 Å². The highest BCUT2D eigenvalue weighted by Crippen LogP contribution is 2.32. The molecule has 2 N–H and O–H groups in total. The molecule has 2 aliphatic rings. The largest absolute Gasteiger partial charge is 0.454 e. The zero-order valence-corrected chi connectivity index (χ0v) is 17.9. The molecule has 5 rings (SSSR count). The molecule has 2 aromatic carbocycles. The van der Waals surface area contributed by atoms with Crippen LogP contribution in [-0.4, -0.2) is 35.8 Å². The first-order valence-electron chi connectivity index (χ1n) is 10.8. The van der Waals surface area contributed by atoms with E-state index in [-0.39, 0.29) is 19.1 Å². The summed E-state index contributed by atoms with van der Waals surface area (Å²) in [5.41, 5.74) is 3.38. The molecule has 0 saturated carbocycles. The third kappa shape index (κ3) is 4.59. The van der Waals surface area contributed by atoms with Crippen LogP contribution in [0.1, 0.15) is 24.1 Å². The van der Waals surface area contributed by atoms with Crippen LogP contribution in [0.4, 0.5) is 23.1 Å². The van der Waals surface area contributed by atoms with Crippen molar-refractivity contribution in [2.24, 2.45) is 0 Å². The minimum Gasteiger partial charge on any atom is -0.454 e. The Balaban J connectivity index is 1.20. The topological polar surface area (TPSA) is 88.6 Å². The molecule has 1 fully saturated rings. The van der Waals surface area contributed by atoms with Gasteiger partial charge in [0.1, 0.15) is 5.82 Å². The number of carbonyl (C=O) groups is 1. The third-order valence-electron chi connectivity index (χ3n) is 5.50. The minimum atomic E-state index is -0.0955. The summed E-state index contributed by atoms with van der Waals surface area (Å²) in [6.07, 6.45) is 2.66. The van der Waals surface area contributed by atoms with Crippen LogP contribution in [0.15, 0.2) is 48.5 Å². The molecule has 0 radical (unpaired) electrons. The number of nitrogens with one attached hydrogen (secondary N) is 2. The first-order valence-corrected chi connectivity index (χ1v) is 10.8. The van der Waals surface area contributed by atoms with Crippen LogP contribution in [0, 0.1) is 6.92 Å². The van der Waals surface area contributed by atoms with Gasteiger partial charge in [0, 0.05) is 36.2 Å². The van der Waals surface area contributed by atoms with Crippen LogP contribution in [0.2, 0.25) is 0 Å². The van der Waals surface area contributed by atoms with Gasteiger partial charge in [-0.2, -0.15) is 4.98 Å². The van der Waals surface area contributed by atoms with E-state index >= 15 is 0 Å². The van der Waals surface area contributed by atoms with E-state index in [1.54, 1.807) is 0 Å². The van der Waals surface area contributed by atoms with Gasteiger partial charge in [-0.3, -0.25) is 4.79 Å². The molecule has 0 aliphatic carbocycles. The third-order valence-corrected chi connectivity index (χ3v) is 5.50. The fraction of sp³-hybridized carbons (Fsp3) is 0.292. The quantitative estimate of drug-likeness (QED) is 0.609. The van der Waals surface area contributed by atoms with Gasteiger partial charge in [-0.1, -0.05) is 6.07 Å². The molecule has 2 aliphatic heterocycles. The van der Waals surface area contributed by atoms with Crippen molar-refractivity contribution >= 4 is 29.0 Å². The second-order valence-corrected chi connectivity index (χ2v) is 8.00. The van der Waals surface area contributed by atoms with Crippen LogP contribution in [0.5, 0.6) is 11.5 Å². The Labute approximate surface area is 186 Å². The van der Waals surface area contributed by atoms with Gasteiger partial charge in [0.05, 0.1) is 6.42 Å². The lowest BCUT2D eigenvalue weighted by atomic mass is 10.1. The summed E-state index contributed by atoms with van der Waals surface area (Å²) >= 11 is 0. The van der Waals surface area contributed by atoms with Crippen LogP contribution >= 0.6 is 0 Å². The molecule has 1 saturated heterocycles. The molecular weight excluding hydrogens is 406 g/mol. The SMILES string of the molecule is Cc1cc(N2CCCC2)nc(Nc2ccc(NC(=O)Cc3ccc4c(c3)OCO4)cc2)n1. The van der Waals surface area contributed by atoms with E-state index in [2.05, 4.69) is 25.5 Å². The monoisotopic (exact) mass is 431 g/mol. The van der Waals surface area contributed by atoms with Crippen molar-refractivity contribution in [2.45, 2.75) is 26.2 Å². The van der Waals surface area contributed by atoms with Crippen LogP contribution in [0.25, 0.3) is 0 Å². The molecule has 8 nitrogen and oxygen atoms in total. The maximum absolute atomic E-state index is 12.4. The fourth-order valence-corrected chi connectivity index (χ4v) is 3.92. The van der Waals surface area contributed by atoms with Gasteiger partial charge in [0.25, 0.3) is 0 Å². The van der Waals surface area contributed by atoms with E-state index in [1.807, 2.05) is 55.5 Å². The Kier molecular flexibility index (Phi) is 5.49. The van der Waals surface area contributed by atoms with Crippen molar-refractivity contribution in [2.75, 3.05) is 35.4 Å². The van der Waals surface area contributed by atoms with E-state index in [4.69, 9.17) is 9.47 Å². The Bertz CT molecular complexity index is 1130. The summed E-state index contributed by atoms with van der Waals surface area (Å²) < 4.78 is 10.7. The van der Waals surface area contributed by atoms with Crippen LogP contribution in [0.3, 0.4) is 0 Å². The second kappa shape index (κ2) is 8.74. The molecule has 3 heterocycles. The van der Waals surface area contributed by atoms with Gasteiger partial charge in [-0.25, -0.2) is 4.98 Å². The number of aromatic nitrogens is 2. The van der Waals surface area contributed by atoms with Gasteiger partial charge in [0.2, 0.25) is 18.6 Å². The highest BCUT2D eigenvalue weighted by molar-refractivity contribution is 5.92. The molecule has 8 heteroatoms. The Morgan fingerprint density at radius 1 is 0.969 bits per heavy atom. The highest BCUT2D eigenvalue weighted by Gasteiger charge is 2.16. The zero-order valence-electron chi connectivity index (χ0n) is 17.9. The molecule has 0 bridgehead atoms. The number of amides is 1. The standard InChI is InChI=1S/C24H25N5O3/c1-16-12-22(29-10-2-3-11-29)28-24(25-16)27-19-7-5-18(6-8-19)26-23(30)14-17-4-9-20-21(13-17)32-15-31-20/h4-9,12-13H,2-3,10-11,14-15H2,1H3,(H,26,30)(H,25,27,28). The molecule has 0 unspecified atom stereocenters. The van der Waals surface area contributed by atoms with Crippen LogP contribution < -0.4 is 25.0 Å².